The number of carbonyl (C=O) groups is 2. The van der Waals surface area contributed by atoms with Crippen LogP contribution in [0.5, 0.6) is 0 Å². The smallest absolute Gasteiger partial charge is 0.149 e. The second-order valence-electron chi connectivity index (χ2n) is 9.20. The van der Waals surface area contributed by atoms with Crippen LogP contribution in [0.4, 0.5) is 0 Å². The summed E-state index contributed by atoms with van der Waals surface area (Å²) >= 11 is 0. The number of hydrogen-bond donors (Lipinski definition) is 0. The molecule has 22 heavy (non-hydrogen) atoms. The molecule has 2 heteroatoms. The predicted molar refractivity (Wildman–Crippen MR) is 86.3 cm³/mol. The molecule has 0 radical (unpaired) electrons. The fourth-order valence-electron chi connectivity index (χ4n) is 7.28. The summed E-state index contributed by atoms with van der Waals surface area (Å²) in [6.07, 6.45) is 12.4. The number of aldehydes is 1. The first kappa shape index (κ1) is 14.9. The number of hydrogen-bond acceptors (Lipinski definition) is 2. The summed E-state index contributed by atoms with van der Waals surface area (Å²) in [5.41, 5.74) is 0.329. The SMILES string of the molecule is C[C@]12CCCCC1CC[C@@H]1[C@H]2CC[C@]2(C)C(=O)C(C=O)C[C@@H]12. The first-order valence-electron chi connectivity index (χ1n) is 9.50. The van der Waals surface area contributed by atoms with Crippen LogP contribution in [0.15, 0.2) is 0 Å². The van der Waals surface area contributed by atoms with E-state index in [0.29, 0.717) is 17.3 Å². The van der Waals surface area contributed by atoms with Crippen molar-refractivity contribution >= 4 is 12.1 Å². The van der Waals surface area contributed by atoms with Crippen molar-refractivity contribution in [3.05, 3.63) is 0 Å². The van der Waals surface area contributed by atoms with Crippen LogP contribution in [0, 0.1) is 40.4 Å². The summed E-state index contributed by atoms with van der Waals surface area (Å²) in [4.78, 5) is 24.0. The maximum absolute atomic E-state index is 12.7. The fourth-order valence-corrected chi connectivity index (χ4v) is 7.28. The lowest BCUT2D eigenvalue weighted by Crippen LogP contribution is -2.52. The largest absolute Gasteiger partial charge is 0.303 e. The van der Waals surface area contributed by atoms with Gasteiger partial charge in [0.25, 0.3) is 0 Å². The highest BCUT2D eigenvalue weighted by Gasteiger charge is 2.61. The van der Waals surface area contributed by atoms with Gasteiger partial charge in [0.05, 0.1) is 5.92 Å². The van der Waals surface area contributed by atoms with Gasteiger partial charge in [-0.25, -0.2) is 0 Å². The Morgan fingerprint density at radius 1 is 1.00 bits per heavy atom. The van der Waals surface area contributed by atoms with E-state index in [1.807, 2.05) is 0 Å². The lowest BCUT2D eigenvalue weighted by Gasteiger charge is -2.59. The van der Waals surface area contributed by atoms with Crippen molar-refractivity contribution < 1.29 is 9.59 Å². The van der Waals surface area contributed by atoms with Crippen LogP contribution in [0.1, 0.15) is 71.6 Å². The first-order valence-corrected chi connectivity index (χ1v) is 9.50. The molecule has 0 saturated heterocycles. The van der Waals surface area contributed by atoms with Gasteiger partial charge in [0.2, 0.25) is 0 Å². The standard InChI is InChI=1S/C20H30O2/c1-19-9-4-3-5-14(19)6-7-15-16(19)8-10-20(2)17(15)11-13(12-21)18(20)22/h12-17H,3-11H2,1-2H3/t13?,14?,15-,16-,17+,19+,20+/m1/s1. The average Bonchev–Trinajstić information content (AvgIpc) is 2.78. The van der Waals surface area contributed by atoms with E-state index >= 15 is 0 Å². The van der Waals surface area contributed by atoms with Crippen LogP contribution in [0.3, 0.4) is 0 Å². The zero-order valence-corrected chi connectivity index (χ0v) is 14.1. The molecule has 0 aliphatic heterocycles. The minimum atomic E-state index is -0.300. The van der Waals surface area contributed by atoms with E-state index in [2.05, 4.69) is 13.8 Å². The van der Waals surface area contributed by atoms with Gasteiger partial charge in [-0.2, -0.15) is 0 Å². The van der Waals surface area contributed by atoms with Crippen molar-refractivity contribution in [3.8, 4) is 0 Å². The first-order chi connectivity index (χ1) is 10.5. The van der Waals surface area contributed by atoms with Crippen LogP contribution in [-0.4, -0.2) is 12.1 Å². The predicted octanol–water partition coefficient (Wildman–Crippen LogP) is 4.41. The third-order valence-electron chi connectivity index (χ3n) is 8.54. The molecular weight excluding hydrogens is 272 g/mol. The lowest BCUT2D eigenvalue weighted by atomic mass is 9.45. The Balaban J connectivity index is 1.66. The summed E-state index contributed by atoms with van der Waals surface area (Å²) in [7, 11) is 0. The second kappa shape index (κ2) is 4.92. The molecule has 0 amide bonds. The number of Topliss-reactive ketones (excluding diaryl/α,β-unsaturated/α-hetero) is 1. The Morgan fingerprint density at radius 2 is 1.82 bits per heavy atom. The zero-order chi connectivity index (χ0) is 15.5. The molecule has 0 aromatic carbocycles. The Labute approximate surface area is 134 Å². The van der Waals surface area contributed by atoms with Crippen LogP contribution >= 0.6 is 0 Å². The summed E-state index contributed by atoms with van der Waals surface area (Å²) in [6.45, 7) is 4.74. The lowest BCUT2D eigenvalue weighted by molar-refractivity contribution is -0.140. The molecule has 0 aromatic heterocycles. The molecule has 0 spiro atoms. The van der Waals surface area contributed by atoms with Gasteiger partial charge >= 0.3 is 0 Å². The number of carbonyl (C=O) groups excluding carboxylic acids is 2. The maximum atomic E-state index is 12.7. The Kier molecular flexibility index (Phi) is 3.33. The molecule has 4 aliphatic rings. The molecule has 7 atom stereocenters. The molecule has 4 rings (SSSR count). The van der Waals surface area contributed by atoms with Gasteiger partial charge in [-0.05, 0) is 74.0 Å². The molecular formula is C20H30O2. The number of rotatable bonds is 1. The maximum Gasteiger partial charge on any atom is 0.149 e. The number of fused-ring (bicyclic) bond motifs is 5. The van der Waals surface area contributed by atoms with Crippen molar-refractivity contribution in [2.24, 2.45) is 40.4 Å². The van der Waals surface area contributed by atoms with Crippen LogP contribution in [0.25, 0.3) is 0 Å². The third-order valence-corrected chi connectivity index (χ3v) is 8.54. The third kappa shape index (κ3) is 1.79. The van der Waals surface area contributed by atoms with Crippen LogP contribution in [0.2, 0.25) is 0 Å². The van der Waals surface area contributed by atoms with Crippen LogP contribution < -0.4 is 0 Å². The van der Waals surface area contributed by atoms with E-state index in [-0.39, 0.29) is 17.1 Å². The average molecular weight is 302 g/mol. The highest BCUT2D eigenvalue weighted by atomic mass is 16.1. The van der Waals surface area contributed by atoms with Crippen molar-refractivity contribution in [1.82, 2.24) is 0 Å². The molecule has 0 bridgehead atoms. The quantitative estimate of drug-likeness (QED) is 0.531. The zero-order valence-electron chi connectivity index (χ0n) is 14.1. The molecule has 4 fully saturated rings. The monoisotopic (exact) mass is 302 g/mol. The van der Waals surface area contributed by atoms with Crippen molar-refractivity contribution in [3.63, 3.8) is 0 Å². The molecule has 4 saturated carbocycles. The molecule has 0 heterocycles. The summed E-state index contributed by atoms with van der Waals surface area (Å²) < 4.78 is 0. The van der Waals surface area contributed by atoms with E-state index < -0.39 is 0 Å². The Morgan fingerprint density at radius 3 is 2.59 bits per heavy atom. The number of ketones is 1. The second-order valence-corrected chi connectivity index (χ2v) is 9.20. The highest BCUT2D eigenvalue weighted by Crippen LogP contribution is 2.65. The van der Waals surface area contributed by atoms with E-state index in [1.165, 1.54) is 44.9 Å². The van der Waals surface area contributed by atoms with Crippen molar-refractivity contribution in [2.45, 2.75) is 71.6 Å². The summed E-state index contributed by atoms with van der Waals surface area (Å²) in [5.74, 6) is 2.88. The van der Waals surface area contributed by atoms with Crippen molar-refractivity contribution in [1.29, 1.82) is 0 Å². The normalized spacial score (nSPS) is 54.3. The minimum absolute atomic E-state index is 0.190. The Bertz CT molecular complexity index is 498. The molecule has 0 N–H and O–H groups in total. The molecule has 122 valence electrons. The summed E-state index contributed by atoms with van der Waals surface area (Å²) in [6, 6.07) is 0. The van der Waals surface area contributed by atoms with Crippen LogP contribution in [-0.2, 0) is 9.59 Å². The van der Waals surface area contributed by atoms with Gasteiger partial charge in [0.1, 0.15) is 12.1 Å². The van der Waals surface area contributed by atoms with E-state index in [0.717, 1.165) is 31.0 Å². The van der Waals surface area contributed by atoms with Gasteiger partial charge in [-0.15, -0.1) is 0 Å². The van der Waals surface area contributed by atoms with E-state index in [9.17, 15) is 9.59 Å². The van der Waals surface area contributed by atoms with E-state index in [1.54, 1.807) is 0 Å². The molecule has 2 unspecified atom stereocenters. The minimum Gasteiger partial charge on any atom is -0.303 e. The van der Waals surface area contributed by atoms with E-state index in [4.69, 9.17) is 0 Å². The van der Waals surface area contributed by atoms with Gasteiger partial charge in [-0.1, -0.05) is 26.7 Å². The fraction of sp³-hybridized carbons (Fsp3) is 0.900. The van der Waals surface area contributed by atoms with Gasteiger partial charge in [-0.3, -0.25) is 4.79 Å². The highest BCUT2D eigenvalue weighted by molar-refractivity contribution is 5.99. The van der Waals surface area contributed by atoms with Crippen molar-refractivity contribution in [2.75, 3.05) is 0 Å². The van der Waals surface area contributed by atoms with Gasteiger partial charge in [0.15, 0.2) is 0 Å². The molecule has 4 aliphatic carbocycles. The van der Waals surface area contributed by atoms with Gasteiger partial charge < -0.3 is 4.79 Å². The van der Waals surface area contributed by atoms with Gasteiger partial charge in [0, 0.05) is 5.41 Å². The molecule has 0 aromatic rings. The Hall–Kier alpha value is -0.660. The molecule has 2 nitrogen and oxygen atoms in total. The summed E-state index contributed by atoms with van der Waals surface area (Å²) in [5, 5.41) is 0. The topological polar surface area (TPSA) is 34.1 Å².